The maximum atomic E-state index is 13.5. The number of benzene rings is 1. The van der Waals surface area contributed by atoms with Gasteiger partial charge in [0, 0.05) is 0 Å². The van der Waals surface area contributed by atoms with E-state index in [9.17, 15) is 4.39 Å². The van der Waals surface area contributed by atoms with Gasteiger partial charge in [0.15, 0.2) is 0 Å². The smallest absolute Gasteiger partial charge is 0.315 e. The molecule has 102 valence electrons. The monoisotopic (exact) mass is 264 g/mol. The van der Waals surface area contributed by atoms with E-state index in [1.165, 1.54) is 6.07 Å². The lowest BCUT2D eigenvalue weighted by atomic mass is 10.1. The first-order valence-corrected chi connectivity index (χ1v) is 6.09. The highest BCUT2D eigenvalue weighted by atomic mass is 19.1. The van der Waals surface area contributed by atoms with Crippen LogP contribution in [0.25, 0.3) is 0 Å². The van der Waals surface area contributed by atoms with E-state index >= 15 is 0 Å². The molecular weight excluding hydrogens is 247 g/mol. The van der Waals surface area contributed by atoms with Crippen LogP contribution in [-0.4, -0.2) is 10.2 Å². The fourth-order valence-corrected chi connectivity index (χ4v) is 1.62. The van der Waals surface area contributed by atoms with Crippen molar-refractivity contribution in [1.29, 1.82) is 0 Å². The normalized spacial score (nSPS) is 14.2. The fourth-order valence-electron chi connectivity index (χ4n) is 1.62. The zero-order valence-corrected chi connectivity index (χ0v) is 11.1. The Morgan fingerprint density at radius 2 is 2.05 bits per heavy atom. The summed E-state index contributed by atoms with van der Waals surface area (Å²) in [7, 11) is 0. The molecule has 0 aliphatic rings. The number of hydrogen-bond acceptors (Lipinski definition) is 5. The van der Waals surface area contributed by atoms with Crippen LogP contribution in [0.5, 0.6) is 0 Å². The lowest BCUT2D eigenvalue weighted by molar-refractivity contribution is 0.470. The predicted octanol–water partition coefficient (Wildman–Crippen LogP) is 2.71. The van der Waals surface area contributed by atoms with Crippen molar-refractivity contribution < 1.29 is 8.81 Å². The Bertz CT molecular complexity index is 568. The van der Waals surface area contributed by atoms with Crippen LogP contribution in [0.1, 0.15) is 42.9 Å². The molecule has 0 bridgehead atoms. The van der Waals surface area contributed by atoms with Crippen LogP contribution < -0.4 is 11.1 Å². The van der Waals surface area contributed by atoms with E-state index < -0.39 is 0 Å². The van der Waals surface area contributed by atoms with Crippen LogP contribution in [0.2, 0.25) is 0 Å². The number of anilines is 1. The molecule has 2 atom stereocenters. The van der Waals surface area contributed by atoms with Crippen LogP contribution >= 0.6 is 0 Å². The number of rotatable bonds is 4. The van der Waals surface area contributed by atoms with E-state index in [-0.39, 0.29) is 23.9 Å². The van der Waals surface area contributed by atoms with Crippen LogP contribution in [-0.2, 0) is 0 Å². The van der Waals surface area contributed by atoms with Gasteiger partial charge in [0.2, 0.25) is 5.89 Å². The Kier molecular flexibility index (Phi) is 3.80. The van der Waals surface area contributed by atoms with Crippen molar-refractivity contribution in [3.8, 4) is 0 Å². The van der Waals surface area contributed by atoms with Gasteiger partial charge in [-0.2, -0.15) is 0 Å². The van der Waals surface area contributed by atoms with Gasteiger partial charge in [-0.15, -0.1) is 5.10 Å². The highest BCUT2D eigenvalue weighted by molar-refractivity contribution is 5.31. The second-order valence-corrected chi connectivity index (χ2v) is 4.61. The molecule has 0 fully saturated rings. The Morgan fingerprint density at radius 1 is 1.32 bits per heavy atom. The van der Waals surface area contributed by atoms with Crippen molar-refractivity contribution in [3.05, 3.63) is 41.0 Å². The molecule has 0 radical (unpaired) electrons. The molecule has 0 spiro atoms. The van der Waals surface area contributed by atoms with Crippen LogP contribution in [0.4, 0.5) is 10.4 Å². The van der Waals surface area contributed by atoms with Gasteiger partial charge in [-0.1, -0.05) is 17.2 Å². The number of nitrogens with two attached hydrogens (primary N) is 1. The molecule has 2 rings (SSSR count). The molecule has 1 aromatic heterocycles. The first kappa shape index (κ1) is 13.5. The van der Waals surface area contributed by atoms with E-state index in [0.717, 1.165) is 5.56 Å². The molecular formula is C13H17FN4O. The summed E-state index contributed by atoms with van der Waals surface area (Å²) in [5.74, 6) is 0.137. The molecule has 0 amide bonds. The van der Waals surface area contributed by atoms with E-state index in [1.807, 2.05) is 13.0 Å². The Labute approximate surface area is 111 Å². The average molecular weight is 264 g/mol. The number of hydrogen-bond donors (Lipinski definition) is 2. The third-order valence-electron chi connectivity index (χ3n) is 2.87. The average Bonchev–Trinajstić information content (AvgIpc) is 2.81. The summed E-state index contributed by atoms with van der Waals surface area (Å²) in [6, 6.07) is 4.92. The quantitative estimate of drug-likeness (QED) is 0.887. The second-order valence-electron chi connectivity index (χ2n) is 4.61. The van der Waals surface area contributed by atoms with Crippen molar-refractivity contribution in [1.82, 2.24) is 10.2 Å². The molecule has 2 aromatic rings. The van der Waals surface area contributed by atoms with Crippen molar-refractivity contribution in [2.24, 2.45) is 5.73 Å². The molecule has 0 saturated carbocycles. The lowest BCUT2D eigenvalue weighted by Crippen LogP contribution is -2.07. The van der Waals surface area contributed by atoms with Gasteiger partial charge in [-0.05, 0) is 38.0 Å². The van der Waals surface area contributed by atoms with Crippen LogP contribution in [0.3, 0.4) is 0 Å². The number of nitrogens with one attached hydrogen (secondary N) is 1. The standard InChI is InChI=1S/C13H17FN4O/c1-7-4-5-10(6-11(7)14)9(3)16-13-18-17-12(19-13)8(2)15/h4-6,8-9H,15H2,1-3H3,(H,16,18). The Hall–Kier alpha value is -1.95. The third-order valence-corrected chi connectivity index (χ3v) is 2.87. The van der Waals surface area contributed by atoms with Gasteiger partial charge in [-0.3, -0.25) is 0 Å². The molecule has 1 aromatic carbocycles. The van der Waals surface area contributed by atoms with Crippen molar-refractivity contribution in [2.75, 3.05) is 5.32 Å². The van der Waals surface area contributed by atoms with Gasteiger partial charge in [0.1, 0.15) is 5.82 Å². The molecule has 0 aliphatic heterocycles. The van der Waals surface area contributed by atoms with Gasteiger partial charge >= 0.3 is 6.01 Å². The largest absolute Gasteiger partial charge is 0.406 e. The Morgan fingerprint density at radius 3 is 2.63 bits per heavy atom. The summed E-state index contributed by atoms with van der Waals surface area (Å²) in [6.07, 6.45) is 0. The number of nitrogens with zero attached hydrogens (tertiary/aromatic N) is 2. The van der Waals surface area contributed by atoms with E-state index in [2.05, 4.69) is 15.5 Å². The molecule has 0 aliphatic carbocycles. The highest BCUT2D eigenvalue weighted by Crippen LogP contribution is 2.21. The van der Waals surface area contributed by atoms with Gasteiger partial charge < -0.3 is 15.5 Å². The van der Waals surface area contributed by atoms with Gasteiger partial charge in [0.05, 0.1) is 12.1 Å². The second kappa shape index (κ2) is 5.36. The number of aryl methyl sites for hydroxylation is 1. The summed E-state index contributed by atoms with van der Waals surface area (Å²) in [6.45, 7) is 5.38. The van der Waals surface area contributed by atoms with Crippen molar-refractivity contribution in [3.63, 3.8) is 0 Å². The summed E-state index contributed by atoms with van der Waals surface area (Å²) in [4.78, 5) is 0. The lowest BCUT2D eigenvalue weighted by Gasteiger charge is -2.12. The highest BCUT2D eigenvalue weighted by Gasteiger charge is 2.13. The minimum atomic E-state index is -0.310. The van der Waals surface area contributed by atoms with E-state index in [0.29, 0.717) is 11.5 Å². The maximum Gasteiger partial charge on any atom is 0.315 e. The van der Waals surface area contributed by atoms with E-state index in [1.54, 1.807) is 19.9 Å². The summed E-state index contributed by atoms with van der Waals surface area (Å²) < 4.78 is 18.8. The first-order valence-electron chi connectivity index (χ1n) is 6.09. The zero-order valence-electron chi connectivity index (χ0n) is 11.1. The van der Waals surface area contributed by atoms with Crippen molar-refractivity contribution >= 4 is 6.01 Å². The summed E-state index contributed by atoms with van der Waals surface area (Å²) >= 11 is 0. The zero-order chi connectivity index (χ0) is 14.0. The van der Waals surface area contributed by atoms with Crippen molar-refractivity contribution in [2.45, 2.75) is 32.9 Å². The predicted molar refractivity (Wildman–Crippen MR) is 70.1 cm³/mol. The minimum Gasteiger partial charge on any atom is -0.406 e. The first-order chi connectivity index (χ1) is 8.97. The number of aromatic nitrogens is 2. The summed E-state index contributed by atoms with van der Waals surface area (Å²) in [5, 5.41) is 10.7. The molecule has 0 saturated heterocycles. The molecule has 6 heteroatoms. The Balaban J connectivity index is 2.11. The fraction of sp³-hybridized carbons (Fsp3) is 0.385. The number of halogens is 1. The molecule has 2 unspecified atom stereocenters. The maximum absolute atomic E-state index is 13.5. The SMILES string of the molecule is Cc1ccc(C(C)Nc2nnc(C(C)N)o2)cc1F. The van der Waals surface area contributed by atoms with E-state index in [4.69, 9.17) is 10.2 Å². The molecule has 19 heavy (non-hydrogen) atoms. The minimum absolute atomic E-state index is 0.142. The third kappa shape index (κ3) is 3.08. The topological polar surface area (TPSA) is 77.0 Å². The van der Waals surface area contributed by atoms with Gasteiger partial charge in [0.25, 0.3) is 0 Å². The molecule has 1 heterocycles. The molecule has 5 nitrogen and oxygen atoms in total. The van der Waals surface area contributed by atoms with Crippen LogP contribution in [0, 0.1) is 12.7 Å². The molecule has 3 N–H and O–H groups in total. The van der Waals surface area contributed by atoms with Gasteiger partial charge in [-0.25, -0.2) is 4.39 Å². The summed E-state index contributed by atoms with van der Waals surface area (Å²) in [5.41, 5.74) is 7.06. The van der Waals surface area contributed by atoms with Crippen LogP contribution in [0.15, 0.2) is 22.6 Å².